The highest BCUT2D eigenvalue weighted by molar-refractivity contribution is 8.26. The summed E-state index contributed by atoms with van der Waals surface area (Å²) in [5, 5.41) is 9.98. The second-order valence-electron chi connectivity index (χ2n) is 5.36. The summed E-state index contributed by atoms with van der Waals surface area (Å²) in [4.78, 5) is 36.6. The number of nitrogens with two attached hydrogens (primary N) is 1. The molecule has 3 N–H and O–H groups in total. The van der Waals surface area contributed by atoms with E-state index in [-0.39, 0.29) is 17.2 Å². The second-order valence-corrected chi connectivity index (χ2v) is 7.44. The molecule has 0 bridgehead atoms. The molecule has 25 heavy (non-hydrogen) atoms. The predicted molar refractivity (Wildman–Crippen MR) is 101 cm³/mol. The number of carbonyl (C=O) groups is 3. The summed E-state index contributed by atoms with van der Waals surface area (Å²) in [7, 11) is 0. The van der Waals surface area contributed by atoms with Gasteiger partial charge in [0.15, 0.2) is 0 Å². The molecule has 9 heteroatoms. The number of carboxylic acid groups (broad SMARTS) is 1. The van der Waals surface area contributed by atoms with E-state index in [0.29, 0.717) is 15.5 Å². The molecule has 1 unspecified atom stereocenters. The van der Waals surface area contributed by atoms with Gasteiger partial charge in [-0.3, -0.25) is 14.5 Å². The van der Waals surface area contributed by atoms with Gasteiger partial charge in [-0.25, -0.2) is 4.79 Å². The van der Waals surface area contributed by atoms with Gasteiger partial charge in [-0.15, -0.1) is 0 Å². The Labute approximate surface area is 159 Å². The molecule has 1 aliphatic heterocycles. The van der Waals surface area contributed by atoms with Gasteiger partial charge < -0.3 is 10.8 Å². The number of aliphatic carboxylic acids is 1. The van der Waals surface area contributed by atoms with Gasteiger partial charge in [-0.2, -0.15) is 0 Å². The van der Waals surface area contributed by atoms with Crippen LogP contribution in [-0.2, 0) is 14.4 Å². The molecule has 6 nitrogen and oxygen atoms in total. The third-order valence-corrected chi connectivity index (χ3v) is 5.43. The molecule has 0 spiro atoms. The molecule has 0 saturated carbocycles. The highest BCUT2D eigenvalue weighted by atomic mass is 35.5. The van der Waals surface area contributed by atoms with Crippen molar-refractivity contribution >= 4 is 63.3 Å². The van der Waals surface area contributed by atoms with Crippen LogP contribution in [0, 0.1) is 0 Å². The zero-order chi connectivity index (χ0) is 18.7. The van der Waals surface area contributed by atoms with Crippen LogP contribution in [-0.4, -0.2) is 38.2 Å². The number of nitrogens with zero attached hydrogens (tertiary/aromatic N) is 1. The number of primary amides is 1. The fourth-order valence-corrected chi connectivity index (χ4v) is 3.88. The number of halogens is 1. The van der Waals surface area contributed by atoms with Gasteiger partial charge in [0.2, 0.25) is 5.91 Å². The van der Waals surface area contributed by atoms with Crippen molar-refractivity contribution in [3.63, 3.8) is 0 Å². The van der Waals surface area contributed by atoms with Crippen LogP contribution in [0.2, 0.25) is 5.02 Å². The number of thiocarbonyl (C=S) groups is 1. The third-order valence-electron chi connectivity index (χ3n) is 3.68. The number of hydrogen-bond acceptors (Lipinski definition) is 5. The van der Waals surface area contributed by atoms with Crippen LogP contribution in [0.25, 0.3) is 5.57 Å². The molecule has 1 aliphatic rings. The van der Waals surface area contributed by atoms with Crippen molar-refractivity contribution in [3.8, 4) is 0 Å². The van der Waals surface area contributed by atoms with Crippen LogP contribution in [0.15, 0.2) is 29.2 Å². The Bertz CT molecular complexity index is 777. The molecule has 132 valence electrons. The topological polar surface area (TPSA) is 101 Å². The summed E-state index contributed by atoms with van der Waals surface area (Å²) in [6, 6.07) is 5.72. The number of carboxylic acids is 1. The molecule has 2 amide bonds. The molecular formula is C16H15ClN2O4S2. The minimum Gasteiger partial charge on any atom is -0.480 e. The van der Waals surface area contributed by atoms with E-state index in [0.717, 1.165) is 22.2 Å². The highest BCUT2D eigenvalue weighted by Gasteiger charge is 2.41. The predicted octanol–water partition coefficient (Wildman–Crippen LogP) is 2.65. The number of amides is 2. The summed E-state index contributed by atoms with van der Waals surface area (Å²) in [5.74, 6) is -2.35. The van der Waals surface area contributed by atoms with Gasteiger partial charge in [0.05, 0.1) is 4.91 Å². The van der Waals surface area contributed by atoms with E-state index in [4.69, 9.17) is 29.6 Å². The van der Waals surface area contributed by atoms with Gasteiger partial charge in [0.25, 0.3) is 5.91 Å². The van der Waals surface area contributed by atoms with Crippen LogP contribution in [0.1, 0.15) is 25.3 Å². The minimum absolute atomic E-state index is 0.0929. The summed E-state index contributed by atoms with van der Waals surface area (Å²) in [6.07, 6.45) is -0.242. The largest absolute Gasteiger partial charge is 0.480 e. The molecule has 1 aromatic rings. The highest BCUT2D eigenvalue weighted by Crippen LogP contribution is 2.38. The Hall–Kier alpha value is -1.90. The standard InChI is InChI=1S/C16H15ClN2O4S2/c1-8(9-2-4-10(17)5-3-9)13-14(21)19(16(24)25-13)11(15(22)23)6-7-12(18)20/h2-5,11H,6-7H2,1H3,(H2,18,20)(H,22,23)/b13-8-. The molecule has 1 heterocycles. The van der Waals surface area contributed by atoms with Crippen LogP contribution >= 0.6 is 35.6 Å². The first kappa shape index (κ1) is 19.4. The van der Waals surface area contributed by atoms with Crippen molar-refractivity contribution in [2.24, 2.45) is 5.73 Å². The van der Waals surface area contributed by atoms with Crippen LogP contribution in [0.3, 0.4) is 0 Å². The second kappa shape index (κ2) is 7.99. The Balaban J connectivity index is 2.34. The van der Waals surface area contributed by atoms with Gasteiger partial charge in [0.1, 0.15) is 10.4 Å². The summed E-state index contributed by atoms with van der Waals surface area (Å²) < 4.78 is 0.144. The lowest BCUT2D eigenvalue weighted by Crippen LogP contribution is -2.44. The van der Waals surface area contributed by atoms with Crippen LogP contribution < -0.4 is 5.73 Å². The Morgan fingerprint density at radius 2 is 1.96 bits per heavy atom. The number of carbonyl (C=O) groups excluding carboxylic acids is 2. The molecule has 1 fully saturated rings. The van der Waals surface area contributed by atoms with Gasteiger partial charge in [-0.05, 0) is 36.6 Å². The lowest BCUT2D eigenvalue weighted by molar-refractivity contribution is -0.145. The molecule has 1 saturated heterocycles. The smallest absolute Gasteiger partial charge is 0.326 e. The first-order chi connectivity index (χ1) is 11.7. The maximum atomic E-state index is 12.7. The van der Waals surface area contributed by atoms with E-state index in [1.165, 1.54) is 0 Å². The lowest BCUT2D eigenvalue weighted by Gasteiger charge is -2.22. The third kappa shape index (κ3) is 4.39. The molecule has 1 aromatic carbocycles. The van der Waals surface area contributed by atoms with Crippen molar-refractivity contribution in [2.75, 3.05) is 0 Å². The Kier molecular flexibility index (Phi) is 6.21. The summed E-state index contributed by atoms with van der Waals surface area (Å²) in [5.41, 5.74) is 6.54. The fraction of sp³-hybridized carbons (Fsp3) is 0.250. The zero-order valence-electron chi connectivity index (χ0n) is 13.2. The molecule has 2 rings (SSSR count). The van der Waals surface area contributed by atoms with Crippen molar-refractivity contribution in [2.45, 2.75) is 25.8 Å². The number of rotatable bonds is 6. The molecule has 0 radical (unpaired) electrons. The molecular weight excluding hydrogens is 384 g/mol. The lowest BCUT2D eigenvalue weighted by atomic mass is 10.1. The fourth-order valence-electron chi connectivity index (χ4n) is 2.35. The quantitative estimate of drug-likeness (QED) is 0.564. The van der Waals surface area contributed by atoms with Crippen molar-refractivity contribution in [1.29, 1.82) is 0 Å². The number of benzene rings is 1. The SMILES string of the molecule is C/C(=C1/SC(=S)N(C(CCC(N)=O)C(=O)O)C1=O)c1ccc(Cl)cc1. The van der Waals surface area contributed by atoms with Crippen molar-refractivity contribution in [3.05, 3.63) is 39.8 Å². The van der Waals surface area contributed by atoms with Gasteiger partial charge >= 0.3 is 5.97 Å². The maximum absolute atomic E-state index is 12.7. The Morgan fingerprint density at radius 3 is 2.48 bits per heavy atom. The molecule has 0 aromatic heterocycles. The van der Waals surface area contributed by atoms with Gasteiger partial charge in [0, 0.05) is 11.4 Å². The Morgan fingerprint density at radius 1 is 1.36 bits per heavy atom. The van der Waals surface area contributed by atoms with E-state index < -0.39 is 23.8 Å². The van der Waals surface area contributed by atoms with E-state index in [9.17, 15) is 19.5 Å². The number of hydrogen-bond donors (Lipinski definition) is 2. The molecule has 0 aliphatic carbocycles. The zero-order valence-corrected chi connectivity index (χ0v) is 15.6. The maximum Gasteiger partial charge on any atom is 0.326 e. The normalized spacial score (nSPS) is 17.6. The summed E-state index contributed by atoms with van der Waals surface area (Å²) in [6.45, 7) is 1.76. The summed E-state index contributed by atoms with van der Waals surface area (Å²) >= 11 is 12.1. The monoisotopic (exact) mass is 398 g/mol. The number of allylic oxidation sites excluding steroid dienone is 1. The molecule has 1 atom stereocenters. The average molecular weight is 399 g/mol. The van der Waals surface area contributed by atoms with Crippen LogP contribution in [0.5, 0.6) is 0 Å². The van der Waals surface area contributed by atoms with Crippen LogP contribution in [0.4, 0.5) is 0 Å². The van der Waals surface area contributed by atoms with E-state index in [1.807, 2.05) is 0 Å². The average Bonchev–Trinajstić information content (AvgIpc) is 2.83. The minimum atomic E-state index is -1.23. The number of thioether (sulfide) groups is 1. The van der Waals surface area contributed by atoms with E-state index >= 15 is 0 Å². The van der Waals surface area contributed by atoms with E-state index in [2.05, 4.69) is 0 Å². The van der Waals surface area contributed by atoms with Gasteiger partial charge in [-0.1, -0.05) is 47.7 Å². The van der Waals surface area contributed by atoms with Crippen molar-refractivity contribution in [1.82, 2.24) is 4.90 Å². The first-order valence-corrected chi connectivity index (χ1v) is 8.86. The first-order valence-electron chi connectivity index (χ1n) is 7.25. The van der Waals surface area contributed by atoms with Crippen molar-refractivity contribution < 1.29 is 19.5 Å². The van der Waals surface area contributed by atoms with E-state index in [1.54, 1.807) is 31.2 Å².